The third kappa shape index (κ3) is 5.76. The summed E-state index contributed by atoms with van der Waals surface area (Å²) in [6.45, 7) is 0.368. The van der Waals surface area contributed by atoms with Crippen molar-refractivity contribution in [3.05, 3.63) is 42.0 Å². The SMILES string of the molecule is NC(=O)C[C@H](NC(=O)C1(N)CCCCC1)C(=O)NCCCc1cccc2c(O)cccc12. The highest BCUT2D eigenvalue weighted by Gasteiger charge is 2.37. The molecule has 0 aromatic heterocycles. The molecule has 8 heteroatoms. The van der Waals surface area contributed by atoms with Gasteiger partial charge in [0.1, 0.15) is 11.8 Å². The van der Waals surface area contributed by atoms with E-state index >= 15 is 0 Å². The number of nitrogens with two attached hydrogens (primary N) is 2. The Kier molecular flexibility index (Phi) is 7.69. The summed E-state index contributed by atoms with van der Waals surface area (Å²) in [5, 5.41) is 17.2. The Bertz CT molecular complexity index is 985. The molecule has 3 rings (SSSR count). The average molecular weight is 441 g/mol. The van der Waals surface area contributed by atoms with E-state index in [1.165, 1.54) is 0 Å². The first-order chi connectivity index (χ1) is 15.3. The molecule has 2 aromatic carbocycles. The van der Waals surface area contributed by atoms with Crippen molar-refractivity contribution in [2.24, 2.45) is 11.5 Å². The number of fused-ring (bicyclic) bond motifs is 1. The molecule has 0 unspecified atom stereocenters. The predicted molar refractivity (Wildman–Crippen MR) is 123 cm³/mol. The van der Waals surface area contributed by atoms with Gasteiger partial charge in [0.05, 0.1) is 12.0 Å². The topological polar surface area (TPSA) is 148 Å². The Hall–Kier alpha value is -3.13. The third-order valence-corrected chi connectivity index (χ3v) is 6.14. The Morgan fingerprint density at radius 1 is 1.03 bits per heavy atom. The molecule has 1 aliphatic rings. The Morgan fingerprint density at radius 2 is 1.72 bits per heavy atom. The van der Waals surface area contributed by atoms with Crippen molar-refractivity contribution < 1.29 is 19.5 Å². The molecule has 0 aliphatic heterocycles. The first-order valence-corrected chi connectivity index (χ1v) is 11.2. The fraction of sp³-hybridized carbons (Fsp3) is 0.458. The summed E-state index contributed by atoms with van der Waals surface area (Å²) in [7, 11) is 0. The summed E-state index contributed by atoms with van der Waals surface area (Å²) < 4.78 is 0. The second-order valence-corrected chi connectivity index (χ2v) is 8.60. The third-order valence-electron chi connectivity index (χ3n) is 6.14. The molecule has 1 aliphatic carbocycles. The lowest BCUT2D eigenvalue weighted by Gasteiger charge is -2.33. The quantitative estimate of drug-likeness (QED) is 0.376. The van der Waals surface area contributed by atoms with Crippen molar-refractivity contribution in [1.29, 1.82) is 0 Å². The van der Waals surface area contributed by atoms with Crippen LogP contribution in [0.4, 0.5) is 0 Å². The predicted octanol–water partition coefficient (Wildman–Crippen LogP) is 1.62. The summed E-state index contributed by atoms with van der Waals surface area (Å²) in [6.07, 6.45) is 4.95. The van der Waals surface area contributed by atoms with Crippen LogP contribution in [0.3, 0.4) is 0 Å². The highest BCUT2D eigenvalue weighted by molar-refractivity contribution is 5.94. The molecular formula is C24H32N4O4. The lowest BCUT2D eigenvalue weighted by Crippen LogP contribution is -2.60. The Balaban J connectivity index is 1.56. The summed E-state index contributed by atoms with van der Waals surface area (Å²) in [5.74, 6) is -1.30. The van der Waals surface area contributed by atoms with Crippen LogP contribution in [0.1, 0.15) is 50.5 Å². The maximum Gasteiger partial charge on any atom is 0.243 e. The number of hydrogen-bond acceptors (Lipinski definition) is 5. The number of phenols is 1. The highest BCUT2D eigenvalue weighted by Crippen LogP contribution is 2.28. The maximum absolute atomic E-state index is 12.7. The largest absolute Gasteiger partial charge is 0.507 e. The molecule has 32 heavy (non-hydrogen) atoms. The van der Waals surface area contributed by atoms with Crippen LogP contribution in [0.2, 0.25) is 0 Å². The van der Waals surface area contributed by atoms with Gasteiger partial charge in [-0.3, -0.25) is 14.4 Å². The molecule has 1 saturated carbocycles. The number of aromatic hydroxyl groups is 1. The summed E-state index contributed by atoms with van der Waals surface area (Å²) in [4.78, 5) is 36.8. The lowest BCUT2D eigenvalue weighted by molar-refractivity contribution is -0.134. The van der Waals surface area contributed by atoms with E-state index in [2.05, 4.69) is 10.6 Å². The minimum Gasteiger partial charge on any atom is -0.507 e. The Labute approximate surface area is 187 Å². The van der Waals surface area contributed by atoms with E-state index in [4.69, 9.17) is 11.5 Å². The van der Waals surface area contributed by atoms with Crippen LogP contribution >= 0.6 is 0 Å². The van der Waals surface area contributed by atoms with Crippen LogP contribution in [0.5, 0.6) is 5.75 Å². The van der Waals surface area contributed by atoms with E-state index in [0.29, 0.717) is 32.2 Å². The number of carbonyl (C=O) groups is 3. The highest BCUT2D eigenvalue weighted by atomic mass is 16.3. The van der Waals surface area contributed by atoms with Gasteiger partial charge in [-0.2, -0.15) is 0 Å². The van der Waals surface area contributed by atoms with Crippen LogP contribution in [0, 0.1) is 0 Å². The monoisotopic (exact) mass is 440 g/mol. The van der Waals surface area contributed by atoms with Gasteiger partial charge in [0, 0.05) is 11.9 Å². The van der Waals surface area contributed by atoms with Gasteiger partial charge < -0.3 is 27.2 Å². The van der Waals surface area contributed by atoms with Gasteiger partial charge in [0.15, 0.2) is 0 Å². The fourth-order valence-electron chi connectivity index (χ4n) is 4.31. The molecule has 1 atom stereocenters. The van der Waals surface area contributed by atoms with Crippen molar-refractivity contribution in [1.82, 2.24) is 10.6 Å². The zero-order valence-electron chi connectivity index (χ0n) is 18.2. The molecule has 2 aromatic rings. The number of phenolic OH excluding ortho intramolecular Hbond substituents is 1. The van der Waals surface area contributed by atoms with Gasteiger partial charge in [-0.1, -0.05) is 49.6 Å². The first kappa shape index (κ1) is 23.5. The van der Waals surface area contributed by atoms with E-state index in [1.54, 1.807) is 12.1 Å². The lowest BCUT2D eigenvalue weighted by atomic mass is 9.81. The van der Waals surface area contributed by atoms with Crippen LogP contribution in [0.15, 0.2) is 36.4 Å². The minimum atomic E-state index is -1.04. The number of amides is 3. The van der Waals surface area contributed by atoms with Crippen LogP contribution in [-0.2, 0) is 20.8 Å². The van der Waals surface area contributed by atoms with E-state index in [-0.39, 0.29) is 12.2 Å². The normalized spacial score (nSPS) is 16.3. The molecule has 0 radical (unpaired) electrons. The first-order valence-electron chi connectivity index (χ1n) is 11.2. The zero-order chi connectivity index (χ0) is 23.1. The number of hydrogen-bond donors (Lipinski definition) is 5. The number of benzene rings is 2. The van der Waals surface area contributed by atoms with Crippen molar-refractivity contribution in [3.63, 3.8) is 0 Å². The van der Waals surface area contributed by atoms with Crippen LogP contribution < -0.4 is 22.1 Å². The molecule has 0 saturated heterocycles. The average Bonchev–Trinajstić information content (AvgIpc) is 2.76. The summed E-state index contributed by atoms with van der Waals surface area (Å²) in [5.41, 5.74) is 11.6. The van der Waals surface area contributed by atoms with Crippen molar-refractivity contribution >= 4 is 28.5 Å². The van der Waals surface area contributed by atoms with Crippen molar-refractivity contribution in [3.8, 4) is 5.75 Å². The molecule has 8 nitrogen and oxygen atoms in total. The van der Waals surface area contributed by atoms with E-state index < -0.39 is 29.3 Å². The standard InChI is InChI=1S/C24H32N4O4/c25-21(30)15-19(28-23(32)24(26)12-2-1-3-13-24)22(31)27-14-6-8-16-7-4-10-18-17(16)9-5-11-20(18)29/h4-5,7,9-11,19,29H,1-3,6,8,12-15,26H2,(H2,25,30)(H,27,31)(H,28,32)/t19-/m0/s1. The number of aryl methyl sites for hydroxylation is 1. The Morgan fingerprint density at radius 3 is 2.44 bits per heavy atom. The van der Waals surface area contributed by atoms with Gasteiger partial charge in [0.25, 0.3) is 0 Å². The van der Waals surface area contributed by atoms with Gasteiger partial charge in [0.2, 0.25) is 17.7 Å². The van der Waals surface area contributed by atoms with Crippen LogP contribution in [0.25, 0.3) is 10.8 Å². The number of carbonyl (C=O) groups excluding carboxylic acids is 3. The molecule has 0 heterocycles. The van der Waals surface area contributed by atoms with Crippen molar-refractivity contribution in [2.75, 3.05) is 6.54 Å². The number of nitrogens with one attached hydrogen (secondary N) is 2. The molecule has 7 N–H and O–H groups in total. The summed E-state index contributed by atoms with van der Waals surface area (Å²) in [6, 6.07) is 10.1. The number of primary amides is 1. The molecule has 3 amide bonds. The minimum absolute atomic E-state index is 0.235. The van der Waals surface area contributed by atoms with Gasteiger partial charge >= 0.3 is 0 Å². The van der Waals surface area contributed by atoms with Crippen LogP contribution in [-0.4, -0.2) is 41.0 Å². The van der Waals surface area contributed by atoms with Gasteiger partial charge in [-0.05, 0) is 42.7 Å². The van der Waals surface area contributed by atoms with E-state index in [1.807, 2.05) is 24.3 Å². The van der Waals surface area contributed by atoms with Gasteiger partial charge in [-0.25, -0.2) is 0 Å². The van der Waals surface area contributed by atoms with Crippen molar-refractivity contribution in [2.45, 2.75) is 62.9 Å². The molecule has 172 valence electrons. The van der Waals surface area contributed by atoms with Gasteiger partial charge in [-0.15, -0.1) is 0 Å². The molecule has 1 fully saturated rings. The van der Waals surface area contributed by atoms with E-state index in [0.717, 1.165) is 35.6 Å². The fourth-order valence-corrected chi connectivity index (χ4v) is 4.31. The molecule has 0 spiro atoms. The summed E-state index contributed by atoms with van der Waals surface area (Å²) >= 11 is 0. The smallest absolute Gasteiger partial charge is 0.243 e. The molecule has 0 bridgehead atoms. The maximum atomic E-state index is 12.7. The second-order valence-electron chi connectivity index (χ2n) is 8.60. The second kappa shape index (κ2) is 10.5. The zero-order valence-corrected chi connectivity index (χ0v) is 18.2. The molecular weight excluding hydrogens is 408 g/mol. The van der Waals surface area contributed by atoms with E-state index in [9.17, 15) is 19.5 Å². The number of rotatable bonds is 9.